The fourth-order valence-electron chi connectivity index (χ4n) is 2.45. The Balaban J connectivity index is 2.11. The van der Waals surface area contributed by atoms with Crippen molar-refractivity contribution in [3.63, 3.8) is 0 Å². The molecule has 2 unspecified atom stereocenters. The zero-order chi connectivity index (χ0) is 15.6. The molecule has 0 aromatic carbocycles. The SMILES string of the molecule is CC1CC(OC(=O)c2nc(C(C)C)ncc2Cl)CC(C)O1. The Morgan fingerprint density at radius 1 is 1.38 bits per heavy atom. The van der Waals surface area contributed by atoms with Gasteiger partial charge >= 0.3 is 5.97 Å². The molecule has 0 saturated carbocycles. The summed E-state index contributed by atoms with van der Waals surface area (Å²) in [6.45, 7) is 7.87. The summed E-state index contributed by atoms with van der Waals surface area (Å²) in [7, 11) is 0. The molecule has 1 aliphatic rings. The molecular formula is C15H21ClN2O3. The lowest BCUT2D eigenvalue weighted by atomic mass is 10.0. The van der Waals surface area contributed by atoms with E-state index in [0.717, 1.165) is 0 Å². The quantitative estimate of drug-likeness (QED) is 0.801. The van der Waals surface area contributed by atoms with Crippen LogP contribution in [0.2, 0.25) is 5.02 Å². The zero-order valence-corrected chi connectivity index (χ0v) is 13.6. The molecule has 6 heteroatoms. The number of nitrogens with zero attached hydrogens (tertiary/aromatic N) is 2. The van der Waals surface area contributed by atoms with Gasteiger partial charge in [-0.2, -0.15) is 0 Å². The van der Waals surface area contributed by atoms with Crippen molar-refractivity contribution in [3.05, 3.63) is 22.7 Å². The molecule has 1 aromatic rings. The fraction of sp³-hybridized carbons (Fsp3) is 0.667. The molecule has 1 aromatic heterocycles. The minimum Gasteiger partial charge on any atom is -0.457 e. The molecule has 0 radical (unpaired) electrons. The normalized spacial score (nSPS) is 25.9. The monoisotopic (exact) mass is 312 g/mol. The molecule has 0 amide bonds. The third kappa shape index (κ3) is 4.14. The van der Waals surface area contributed by atoms with E-state index in [1.54, 1.807) is 0 Å². The first-order chi connectivity index (χ1) is 9.86. The smallest absolute Gasteiger partial charge is 0.358 e. The molecule has 2 rings (SSSR count). The van der Waals surface area contributed by atoms with Crippen LogP contribution in [0.4, 0.5) is 0 Å². The highest BCUT2D eigenvalue weighted by atomic mass is 35.5. The van der Waals surface area contributed by atoms with Crippen LogP contribution in [-0.4, -0.2) is 34.2 Å². The molecule has 1 aliphatic heterocycles. The molecular weight excluding hydrogens is 292 g/mol. The van der Waals surface area contributed by atoms with Crippen LogP contribution in [0.15, 0.2) is 6.20 Å². The Kier molecular flexibility index (Phi) is 5.17. The molecule has 21 heavy (non-hydrogen) atoms. The summed E-state index contributed by atoms with van der Waals surface area (Å²) in [5.41, 5.74) is 0.141. The van der Waals surface area contributed by atoms with Gasteiger partial charge in [-0.25, -0.2) is 14.8 Å². The Labute approximate surface area is 130 Å². The Morgan fingerprint density at radius 2 is 2.00 bits per heavy atom. The third-order valence-electron chi connectivity index (χ3n) is 3.40. The van der Waals surface area contributed by atoms with Gasteiger partial charge in [-0.05, 0) is 13.8 Å². The van der Waals surface area contributed by atoms with E-state index in [0.29, 0.717) is 18.7 Å². The summed E-state index contributed by atoms with van der Waals surface area (Å²) in [5, 5.41) is 0.220. The van der Waals surface area contributed by atoms with Crippen LogP contribution in [0.25, 0.3) is 0 Å². The van der Waals surface area contributed by atoms with E-state index in [2.05, 4.69) is 9.97 Å². The van der Waals surface area contributed by atoms with Gasteiger partial charge in [0.2, 0.25) is 0 Å². The van der Waals surface area contributed by atoms with Crippen LogP contribution < -0.4 is 0 Å². The number of hydrogen-bond donors (Lipinski definition) is 0. The van der Waals surface area contributed by atoms with Gasteiger partial charge in [0.1, 0.15) is 11.9 Å². The van der Waals surface area contributed by atoms with Crippen molar-refractivity contribution in [1.82, 2.24) is 9.97 Å². The van der Waals surface area contributed by atoms with Crippen LogP contribution in [0.1, 0.15) is 62.8 Å². The molecule has 1 saturated heterocycles. The van der Waals surface area contributed by atoms with E-state index in [9.17, 15) is 4.79 Å². The van der Waals surface area contributed by atoms with Gasteiger partial charge in [0.05, 0.1) is 23.4 Å². The van der Waals surface area contributed by atoms with Crippen molar-refractivity contribution in [3.8, 4) is 0 Å². The maximum absolute atomic E-state index is 12.3. The first-order valence-electron chi connectivity index (χ1n) is 7.25. The molecule has 0 N–H and O–H groups in total. The van der Waals surface area contributed by atoms with Crippen molar-refractivity contribution >= 4 is 17.6 Å². The van der Waals surface area contributed by atoms with Gasteiger partial charge in [0, 0.05) is 18.8 Å². The van der Waals surface area contributed by atoms with E-state index >= 15 is 0 Å². The number of carbonyl (C=O) groups excluding carboxylic acids is 1. The summed E-state index contributed by atoms with van der Waals surface area (Å²) in [4.78, 5) is 20.6. The standard InChI is InChI=1S/C15H21ClN2O3/c1-8(2)14-17-7-12(16)13(18-14)15(19)21-11-5-9(3)20-10(4)6-11/h7-11H,5-6H2,1-4H3. The molecule has 5 nitrogen and oxygen atoms in total. The van der Waals surface area contributed by atoms with E-state index in [-0.39, 0.29) is 34.9 Å². The summed E-state index contributed by atoms with van der Waals surface area (Å²) in [6.07, 6.45) is 2.84. The van der Waals surface area contributed by atoms with Crippen LogP contribution in [-0.2, 0) is 9.47 Å². The first-order valence-corrected chi connectivity index (χ1v) is 7.63. The van der Waals surface area contributed by atoms with E-state index < -0.39 is 5.97 Å². The van der Waals surface area contributed by atoms with Crippen molar-refractivity contribution in [1.29, 1.82) is 0 Å². The maximum Gasteiger partial charge on any atom is 0.358 e. The Hall–Kier alpha value is -1.20. The molecule has 116 valence electrons. The number of ether oxygens (including phenoxy) is 2. The number of carbonyl (C=O) groups is 1. The average molecular weight is 313 g/mol. The molecule has 0 bridgehead atoms. The number of halogens is 1. The second kappa shape index (κ2) is 6.71. The second-order valence-corrected chi connectivity index (χ2v) is 6.24. The number of aromatic nitrogens is 2. The van der Waals surface area contributed by atoms with E-state index in [1.165, 1.54) is 6.20 Å². The van der Waals surface area contributed by atoms with Gasteiger partial charge in [-0.3, -0.25) is 0 Å². The van der Waals surface area contributed by atoms with Crippen molar-refractivity contribution in [2.24, 2.45) is 0 Å². The van der Waals surface area contributed by atoms with Crippen LogP contribution in [0.5, 0.6) is 0 Å². The number of esters is 1. The predicted molar refractivity (Wildman–Crippen MR) is 79.6 cm³/mol. The fourth-order valence-corrected chi connectivity index (χ4v) is 2.62. The number of rotatable bonds is 3. The predicted octanol–water partition coefficient (Wildman–Crippen LogP) is 3.37. The van der Waals surface area contributed by atoms with E-state index in [4.69, 9.17) is 21.1 Å². The van der Waals surface area contributed by atoms with Crippen LogP contribution in [0.3, 0.4) is 0 Å². The molecule has 2 heterocycles. The van der Waals surface area contributed by atoms with Gasteiger partial charge < -0.3 is 9.47 Å². The summed E-state index contributed by atoms with van der Waals surface area (Å²) < 4.78 is 11.2. The minimum atomic E-state index is -0.490. The lowest BCUT2D eigenvalue weighted by Crippen LogP contribution is -2.35. The lowest BCUT2D eigenvalue weighted by Gasteiger charge is -2.31. The lowest BCUT2D eigenvalue weighted by molar-refractivity contribution is -0.0856. The topological polar surface area (TPSA) is 61.3 Å². The molecule has 2 atom stereocenters. The highest BCUT2D eigenvalue weighted by Crippen LogP contribution is 2.24. The first kappa shape index (κ1) is 16.2. The summed E-state index contributed by atoms with van der Waals surface area (Å²) >= 11 is 6.02. The number of hydrogen-bond acceptors (Lipinski definition) is 5. The summed E-state index contributed by atoms with van der Waals surface area (Å²) in [5.74, 6) is 0.215. The second-order valence-electron chi connectivity index (χ2n) is 5.84. The van der Waals surface area contributed by atoms with Gasteiger partial charge in [0.15, 0.2) is 5.69 Å². The minimum absolute atomic E-state index is 0.0821. The molecule has 0 spiro atoms. The van der Waals surface area contributed by atoms with Gasteiger partial charge in [-0.15, -0.1) is 0 Å². The van der Waals surface area contributed by atoms with E-state index in [1.807, 2.05) is 27.7 Å². The Bertz CT molecular complexity index is 512. The average Bonchev–Trinajstić information content (AvgIpc) is 2.37. The molecule has 1 fully saturated rings. The highest BCUT2D eigenvalue weighted by Gasteiger charge is 2.28. The molecule has 0 aliphatic carbocycles. The van der Waals surface area contributed by atoms with Crippen molar-refractivity contribution in [2.45, 2.75) is 64.8 Å². The van der Waals surface area contributed by atoms with Crippen molar-refractivity contribution < 1.29 is 14.3 Å². The zero-order valence-electron chi connectivity index (χ0n) is 12.8. The van der Waals surface area contributed by atoms with Crippen LogP contribution >= 0.6 is 11.6 Å². The largest absolute Gasteiger partial charge is 0.457 e. The van der Waals surface area contributed by atoms with Crippen molar-refractivity contribution in [2.75, 3.05) is 0 Å². The van der Waals surface area contributed by atoms with Crippen LogP contribution in [0, 0.1) is 0 Å². The Morgan fingerprint density at radius 3 is 2.57 bits per heavy atom. The van der Waals surface area contributed by atoms with Gasteiger partial charge in [-0.1, -0.05) is 25.4 Å². The maximum atomic E-state index is 12.3. The highest BCUT2D eigenvalue weighted by molar-refractivity contribution is 6.33. The van der Waals surface area contributed by atoms with Gasteiger partial charge in [0.25, 0.3) is 0 Å². The third-order valence-corrected chi connectivity index (χ3v) is 3.68. The summed E-state index contributed by atoms with van der Waals surface area (Å²) in [6, 6.07) is 0.